The third-order valence-corrected chi connectivity index (χ3v) is 6.09. The molecule has 132 valence electrons. The number of amides is 1. The van der Waals surface area contributed by atoms with E-state index in [1.165, 1.54) is 11.8 Å². The fourth-order valence-electron chi connectivity index (χ4n) is 2.28. The number of rotatable bonds is 5. The minimum absolute atomic E-state index is 0.0166. The SMILES string of the molecule is CC(=O)N(c1ccccc1)c1nc(CSC(N)=Nc2ccccc2)c[se]1. The van der Waals surface area contributed by atoms with Crippen molar-refractivity contribution >= 4 is 53.4 Å². The molecule has 0 atom stereocenters. The van der Waals surface area contributed by atoms with Gasteiger partial charge in [-0.05, 0) is 0 Å². The average Bonchev–Trinajstić information content (AvgIpc) is 3.10. The van der Waals surface area contributed by atoms with Crippen molar-refractivity contribution in [2.24, 2.45) is 10.7 Å². The van der Waals surface area contributed by atoms with E-state index in [0.29, 0.717) is 10.9 Å². The number of benzene rings is 2. The number of nitrogens with two attached hydrogens (primary N) is 1. The summed E-state index contributed by atoms with van der Waals surface area (Å²) in [4.78, 5) is 24.9. The van der Waals surface area contributed by atoms with E-state index in [0.717, 1.165) is 21.8 Å². The predicted molar refractivity (Wildman–Crippen MR) is 109 cm³/mol. The van der Waals surface area contributed by atoms with Crippen LogP contribution in [0.25, 0.3) is 0 Å². The van der Waals surface area contributed by atoms with Gasteiger partial charge in [-0.2, -0.15) is 0 Å². The van der Waals surface area contributed by atoms with E-state index < -0.39 is 0 Å². The maximum absolute atomic E-state index is 12.1. The summed E-state index contributed by atoms with van der Waals surface area (Å²) in [5.74, 6) is 0.595. The molecule has 0 radical (unpaired) electrons. The Kier molecular flexibility index (Phi) is 6.28. The van der Waals surface area contributed by atoms with E-state index in [2.05, 4.69) is 14.9 Å². The number of nitrogens with zero attached hydrogens (tertiary/aromatic N) is 3. The van der Waals surface area contributed by atoms with Crippen LogP contribution in [0.2, 0.25) is 0 Å². The summed E-state index contributed by atoms with van der Waals surface area (Å²) in [5.41, 5.74) is 8.60. The van der Waals surface area contributed by atoms with Gasteiger partial charge in [0.05, 0.1) is 0 Å². The molecule has 26 heavy (non-hydrogen) atoms. The molecule has 0 aliphatic heterocycles. The molecule has 0 aliphatic carbocycles. The van der Waals surface area contributed by atoms with E-state index in [1.54, 1.807) is 11.8 Å². The van der Waals surface area contributed by atoms with Crippen LogP contribution in [0.1, 0.15) is 12.6 Å². The molecular weight excluding hydrogens is 411 g/mol. The van der Waals surface area contributed by atoms with Crippen LogP contribution < -0.4 is 10.6 Å². The van der Waals surface area contributed by atoms with Gasteiger partial charge < -0.3 is 0 Å². The summed E-state index contributed by atoms with van der Waals surface area (Å²) >= 11 is 1.46. The van der Waals surface area contributed by atoms with Gasteiger partial charge in [0, 0.05) is 0 Å². The Morgan fingerprint density at radius 1 is 1.15 bits per heavy atom. The van der Waals surface area contributed by atoms with Crippen LogP contribution in [0.4, 0.5) is 16.1 Å². The van der Waals surface area contributed by atoms with E-state index >= 15 is 0 Å². The fraction of sp³-hybridized carbons (Fsp3) is 0.105. The fourth-order valence-corrected chi connectivity index (χ4v) is 4.99. The Balaban J connectivity index is 1.69. The summed E-state index contributed by atoms with van der Waals surface area (Å²) in [5, 5.41) is 0.500. The number of aliphatic imine (C=N–C) groups is 1. The van der Waals surface area contributed by atoms with E-state index in [1.807, 2.05) is 60.7 Å². The Morgan fingerprint density at radius 3 is 2.46 bits per heavy atom. The normalized spacial score (nSPS) is 11.3. The molecule has 0 fully saturated rings. The van der Waals surface area contributed by atoms with Crippen molar-refractivity contribution in [2.45, 2.75) is 12.7 Å². The quantitative estimate of drug-likeness (QED) is 0.381. The molecule has 0 bridgehead atoms. The monoisotopic (exact) mass is 430 g/mol. The number of carbonyl (C=O) groups excluding carboxylic acids is 1. The molecule has 1 amide bonds. The molecule has 1 heterocycles. The molecule has 7 heteroatoms. The second kappa shape index (κ2) is 8.85. The zero-order chi connectivity index (χ0) is 18.4. The first kappa shape index (κ1) is 18.5. The first-order valence-electron chi connectivity index (χ1n) is 7.95. The van der Waals surface area contributed by atoms with Gasteiger partial charge in [0.2, 0.25) is 0 Å². The first-order valence-corrected chi connectivity index (χ1v) is 10.8. The van der Waals surface area contributed by atoms with Crippen molar-refractivity contribution in [1.29, 1.82) is 0 Å². The molecule has 2 N–H and O–H groups in total. The van der Waals surface area contributed by atoms with Crippen LogP contribution in [-0.4, -0.2) is 30.6 Å². The summed E-state index contributed by atoms with van der Waals surface area (Å²) < 4.78 is 0.797. The summed E-state index contributed by atoms with van der Waals surface area (Å²) in [6.07, 6.45) is 0. The topological polar surface area (TPSA) is 71.6 Å². The third kappa shape index (κ3) is 4.85. The Hall–Kier alpha value is -2.34. The molecule has 3 rings (SSSR count). The summed E-state index contributed by atoms with van der Waals surface area (Å²) in [6, 6.07) is 19.2. The van der Waals surface area contributed by atoms with Crippen molar-refractivity contribution in [3.8, 4) is 0 Å². The van der Waals surface area contributed by atoms with E-state index in [9.17, 15) is 4.79 Å². The van der Waals surface area contributed by atoms with Crippen molar-refractivity contribution in [2.75, 3.05) is 4.90 Å². The number of hydrogen-bond acceptors (Lipinski definition) is 4. The standard InChI is InChI=1S/C19H18N4OSSe/c1-14(24)23(17-10-6-3-7-11-17)19-22-16(13-26-19)12-25-18(20)21-15-8-4-2-5-9-15/h2-11,13H,12H2,1H3,(H2,20,21). The van der Waals surface area contributed by atoms with Crippen LogP contribution in [0.15, 0.2) is 70.6 Å². The zero-order valence-corrected chi connectivity index (χ0v) is 16.7. The zero-order valence-electron chi connectivity index (χ0n) is 14.2. The molecule has 3 aromatic rings. The van der Waals surface area contributed by atoms with Crippen LogP contribution in [0.3, 0.4) is 0 Å². The van der Waals surface area contributed by atoms with Gasteiger partial charge in [0.25, 0.3) is 0 Å². The van der Waals surface area contributed by atoms with Crippen molar-refractivity contribution in [3.63, 3.8) is 0 Å². The minimum atomic E-state index is -0.0377. The van der Waals surface area contributed by atoms with Gasteiger partial charge in [-0.1, -0.05) is 0 Å². The number of hydrogen-bond donors (Lipinski definition) is 1. The number of anilines is 2. The molecule has 0 aliphatic rings. The van der Waals surface area contributed by atoms with Gasteiger partial charge in [-0.15, -0.1) is 0 Å². The molecule has 0 saturated carbocycles. The number of para-hydroxylation sites is 2. The molecule has 1 aromatic heterocycles. The first-order chi connectivity index (χ1) is 12.6. The number of aromatic nitrogens is 1. The van der Waals surface area contributed by atoms with E-state index in [-0.39, 0.29) is 20.4 Å². The molecule has 2 aromatic carbocycles. The molecule has 0 unspecified atom stereocenters. The summed E-state index contributed by atoms with van der Waals surface area (Å²) in [7, 11) is 0. The van der Waals surface area contributed by atoms with Crippen LogP contribution in [0, 0.1) is 0 Å². The second-order valence-corrected chi connectivity index (χ2v) is 8.14. The number of amidine groups is 1. The van der Waals surface area contributed by atoms with E-state index in [4.69, 9.17) is 5.73 Å². The van der Waals surface area contributed by atoms with Crippen molar-refractivity contribution < 1.29 is 4.79 Å². The second-order valence-electron chi connectivity index (χ2n) is 5.39. The molecule has 0 saturated heterocycles. The van der Waals surface area contributed by atoms with Gasteiger partial charge in [-0.3, -0.25) is 0 Å². The molecule has 0 spiro atoms. The summed E-state index contributed by atoms with van der Waals surface area (Å²) in [6.45, 7) is 1.56. The van der Waals surface area contributed by atoms with Gasteiger partial charge in [0.15, 0.2) is 0 Å². The molecule has 5 nitrogen and oxygen atoms in total. The van der Waals surface area contributed by atoms with Crippen molar-refractivity contribution in [3.05, 3.63) is 71.3 Å². The average molecular weight is 429 g/mol. The van der Waals surface area contributed by atoms with Crippen molar-refractivity contribution in [1.82, 2.24) is 4.98 Å². The maximum atomic E-state index is 12.1. The van der Waals surface area contributed by atoms with Crippen LogP contribution >= 0.6 is 11.8 Å². The van der Waals surface area contributed by atoms with Gasteiger partial charge in [-0.25, -0.2) is 0 Å². The Morgan fingerprint density at radius 2 is 1.81 bits per heavy atom. The third-order valence-electron chi connectivity index (χ3n) is 3.42. The van der Waals surface area contributed by atoms with Gasteiger partial charge in [0.1, 0.15) is 0 Å². The number of carbonyl (C=O) groups is 1. The molecular formula is C19H18N4OSSe. The van der Waals surface area contributed by atoms with Gasteiger partial charge >= 0.3 is 163 Å². The van der Waals surface area contributed by atoms with Crippen LogP contribution in [-0.2, 0) is 10.5 Å². The number of thioether (sulfide) groups is 1. The Labute approximate surface area is 162 Å². The predicted octanol–water partition coefficient (Wildman–Crippen LogP) is 3.70. The van der Waals surface area contributed by atoms with Crippen LogP contribution in [0.5, 0.6) is 0 Å². The Bertz CT molecular complexity index is 896.